The number of hydrogen-bond acceptors (Lipinski definition) is 4. The predicted octanol–water partition coefficient (Wildman–Crippen LogP) is 2.11. The zero-order chi connectivity index (χ0) is 21.7. The maximum absolute atomic E-state index is 13.1. The summed E-state index contributed by atoms with van der Waals surface area (Å²) in [4.78, 5) is 43.8. The summed E-state index contributed by atoms with van der Waals surface area (Å²) in [5, 5.41) is 2.98. The van der Waals surface area contributed by atoms with Gasteiger partial charge in [-0.25, -0.2) is 0 Å². The van der Waals surface area contributed by atoms with E-state index in [1.165, 1.54) is 0 Å². The van der Waals surface area contributed by atoms with E-state index in [2.05, 4.69) is 26.1 Å². The minimum Gasteiger partial charge on any atom is -0.353 e. The first kappa shape index (κ1) is 22.7. The van der Waals surface area contributed by atoms with Gasteiger partial charge in [-0.1, -0.05) is 22.9 Å². The quantitative estimate of drug-likeness (QED) is 0.679. The van der Waals surface area contributed by atoms with E-state index in [-0.39, 0.29) is 29.8 Å². The van der Waals surface area contributed by atoms with E-state index in [4.69, 9.17) is 0 Å². The third kappa shape index (κ3) is 5.60. The average Bonchev–Trinajstić information content (AvgIpc) is 3.23. The fourth-order valence-electron chi connectivity index (χ4n) is 3.99. The van der Waals surface area contributed by atoms with Gasteiger partial charge in [-0.3, -0.25) is 19.3 Å². The van der Waals surface area contributed by atoms with Crippen molar-refractivity contribution < 1.29 is 14.4 Å². The predicted molar refractivity (Wildman–Crippen MR) is 119 cm³/mol. The number of nitrogens with zero attached hydrogens (tertiary/aromatic N) is 3. The Morgan fingerprint density at radius 3 is 2.40 bits per heavy atom. The fourth-order valence-corrected chi connectivity index (χ4v) is 4.25. The minimum absolute atomic E-state index is 0.0293. The number of carbonyl (C=O) groups is 3. The molecule has 2 unspecified atom stereocenters. The van der Waals surface area contributed by atoms with Crippen molar-refractivity contribution in [1.29, 1.82) is 0 Å². The first-order valence-corrected chi connectivity index (χ1v) is 11.6. The molecule has 8 heteroatoms. The Morgan fingerprint density at radius 1 is 1.10 bits per heavy atom. The molecule has 0 aromatic heterocycles. The summed E-state index contributed by atoms with van der Waals surface area (Å²) in [7, 11) is 0. The summed E-state index contributed by atoms with van der Waals surface area (Å²) in [6, 6.07) is 7.05. The molecule has 7 nitrogen and oxygen atoms in total. The second-order valence-electron chi connectivity index (χ2n) is 8.14. The number of benzene rings is 1. The highest BCUT2D eigenvalue weighted by atomic mass is 79.9. The van der Waals surface area contributed by atoms with Crippen molar-refractivity contribution in [2.24, 2.45) is 0 Å². The molecule has 164 valence electrons. The molecule has 2 saturated heterocycles. The number of hydrogen-bond donors (Lipinski definition) is 1. The van der Waals surface area contributed by atoms with Gasteiger partial charge in [0.15, 0.2) is 0 Å². The Bertz CT molecular complexity index is 762. The van der Waals surface area contributed by atoms with Crippen molar-refractivity contribution in [2.45, 2.75) is 45.2 Å². The number of halogens is 1. The highest BCUT2D eigenvalue weighted by Gasteiger charge is 2.37. The largest absolute Gasteiger partial charge is 0.353 e. The molecule has 2 aliphatic rings. The van der Waals surface area contributed by atoms with Gasteiger partial charge in [0.2, 0.25) is 11.8 Å². The van der Waals surface area contributed by atoms with Crippen LogP contribution in [0.1, 0.15) is 43.5 Å². The molecule has 30 heavy (non-hydrogen) atoms. The number of piperazine rings is 1. The lowest BCUT2D eigenvalue weighted by Crippen LogP contribution is -2.55. The van der Waals surface area contributed by atoms with Gasteiger partial charge in [0.1, 0.15) is 6.04 Å². The van der Waals surface area contributed by atoms with Gasteiger partial charge in [-0.2, -0.15) is 0 Å². The summed E-state index contributed by atoms with van der Waals surface area (Å²) in [6.07, 6.45) is 2.46. The number of likely N-dealkylation sites (tertiary alicyclic amines) is 1. The average molecular weight is 479 g/mol. The summed E-state index contributed by atoms with van der Waals surface area (Å²) in [5.74, 6) is -0.0217. The Morgan fingerprint density at radius 2 is 1.77 bits per heavy atom. The maximum atomic E-state index is 13.1. The molecule has 2 aliphatic heterocycles. The molecule has 2 heterocycles. The molecule has 0 spiro atoms. The molecule has 1 aromatic carbocycles. The van der Waals surface area contributed by atoms with Gasteiger partial charge in [0.25, 0.3) is 5.91 Å². The van der Waals surface area contributed by atoms with Gasteiger partial charge < -0.3 is 15.1 Å². The van der Waals surface area contributed by atoms with E-state index >= 15 is 0 Å². The van der Waals surface area contributed by atoms with Gasteiger partial charge in [-0.15, -0.1) is 0 Å². The molecule has 0 bridgehead atoms. The van der Waals surface area contributed by atoms with Crippen LogP contribution in [0.3, 0.4) is 0 Å². The van der Waals surface area contributed by atoms with Crippen molar-refractivity contribution in [3.63, 3.8) is 0 Å². The maximum Gasteiger partial charge on any atom is 0.254 e. The topological polar surface area (TPSA) is 73.0 Å². The molecule has 3 amide bonds. The van der Waals surface area contributed by atoms with Crippen LogP contribution >= 0.6 is 15.9 Å². The zero-order valence-electron chi connectivity index (χ0n) is 17.8. The number of rotatable bonds is 6. The molecule has 2 atom stereocenters. The lowest BCUT2D eigenvalue weighted by atomic mass is 10.1. The Kier molecular flexibility index (Phi) is 7.88. The smallest absolute Gasteiger partial charge is 0.254 e. The van der Waals surface area contributed by atoms with Crippen LogP contribution in [0.25, 0.3) is 0 Å². The Balaban J connectivity index is 1.53. The monoisotopic (exact) mass is 478 g/mol. The molecular formula is C22H31BrN4O3. The van der Waals surface area contributed by atoms with E-state index in [1.54, 1.807) is 17.0 Å². The van der Waals surface area contributed by atoms with E-state index in [0.29, 0.717) is 51.3 Å². The summed E-state index contributed by atoms with van der Waals surface area (Å²) < 4.78 is 0.920. The molecule has 3 rings (SSSR count). The molecule has 0 radical (unpaired) electrons. The molecule has 2 fully saturated rings. The van der Waals surface area contributed by atoms with Gasteiger partial charge in [0.05, 0.1) is 6.54 Å². The van der Waals surface area contributed by atoms with Crippen molar-refractivity contribution >= 4 is 33.7 Å². The van der Waals surface area contributed by atoms with Crippen molar-refractivity contribution in [2.75, 3.05) is 39.3 Å². The summed E-state index contributed by atoms with van der Waals surface area (Å²) in [6.45, 7) is 7.55. The normalized spacial score (nSPS) is 20.8. The second kappa shape index (κ2) is 10.4. The van der Waals surface area contributed by atoms with E-state index in [0.717, 1.165) is 17.3 Å². The second-order valence-corrected chi connectivity index (χ2v) is 9.06. The minimum atomic E-state index is -0.388. The van der Waals surface area contributed by atoms with E-state index < -0.39 is 0 Å². The lowest BCUT2D eigenvalue weighted by Gasteiger charge is -2.37. The standard InChI is InChI=1S/C22H31BrN4O3/c1-3-16(2)24-20(28)15-25-11-13-26(14-12-25)22(30)19-5-4-10-27(19)21(29)17-6-8-18(23)9-7-17/h6-9,16,19H,3-5,10-15H2,1-2H3,(H,24,28). The van der Waals surface area contributed by atoms with Crippen molar-refractivity contribution in [3.8, 4) is 0 Å². The first-order valence-electron chi connectivity index (χ1n) is 10.8. The molecule has 0 saturated carbocycles. The van der Waals surface area contributed by atoms with Crippen LogP contribution in [0.5, 0.6) is 0 Å². The highest BCUT2D eigenvalue weighted by molar-refractivity contribution is 9.10. The molecule has 1 aromatic rings. The van der Waals surface area contributed by atoms with Crippen LogP contribution in [0.15, 0.2) is 28.7 Å². The third-order valence-electron chi connectivity index (χ3n) is 5.96. The highest BCUT2D eigenvalue weighted by Crippen LogP contribution is 2.23. The third-order valence-corrected chi connectivity index (χ3v) is 6.49. The van der Waals surface area contributed by atoms with E-state index in [9.17, 15) is 14.4 Å². The molecule has 1 N–H and O–H groups in total. The lowest BCUT2D eigenvalue weighted by molar-refractivity contribution is -0.137. The summed E-state index contributed by atoms with van der Waals surface area (Å²) >= 11 is 3.39. The summed E-state index contributed by atoms with van der Waals surface area (Å²) in [5.41, 5.74) is 0.607. The van der Waals surface area contributed by atoms with Gasteiger partial charge in [-0.05, 0) is 50.5 Å². The Hall–Kier alpha value is -1.93. The number of nitrogens with one attached hydrogen (secondary N) is 1. The van der Waals surface area contributed by atoms with Crippen molar-refractivity contribution in [3.05, 3.63) is 34.3 Å². The van der Waals surface area contributed by atoms with Crippen LogP contribution in [0.2, 0.25) is 0 Å². The van der Waals surface area contributed by atoms with Gasteiger partial charge >= 0.3 is 0 Å². The SMILES string of the molecule is CCC(C)NC(=O)CN1CCN(C(=O)C2CCCN2C(=O)c2ccc(Br)cc2)CC1. The zero-order valence-corrected chi connectivity index (χ0v) is 19.4. The Labute approximate surface area is 186 Å². The van der Waals surface area contributed by atoms with Crippen LogP contribution in [0.4, 0.5) is 0 Å². The van der Waals surface area contributed by atoms with Gasteiger partial charge in [0, 0.05) is 48.8 Å². The fraction of sp³-hybridized carbons (Fsp3) is 0.591. The van der Waals surface area contributed by atoms with Crippen LogP contribution in [-0.4, -0.2) is 83.8 Å². The first-order chi connectivity index (χ1) is 14.4. The number of carbonyl (C=O) groups excluding carboxylic acids is 3. The van der Waals surface area contributed by atoms with Crippen LogP contribution in [-0.2, 0) is 9.59 Å². The number of amides is 3. The molecule has 0 aliphatic carbocycles. The van der Waals surface area contributed by atoms with Crippen molar-refractivity contribution in [1.82, 2.24) is 20.0 Å². The van der Waals surface area contributed by atoms with Crippen LogP contribution in [0, 0.1) is 0 Å². The molecular weight excluding hydrogens is 448 g/mol. The van der Waals surface area contributed by atoms with E-state index in [1.807, 2.05) is 30.9 Å². The van der Waals surface area contributed by atoms with Crippen LogP contribution < -0.4 is 5.32 Å².